The lowest BCUT2D eigenvalue weighted by molar-refractivity contribution is 0.498. The average molecular weight is 299 g/mol. The van der Waals surface area contributed by atoms with Gasteiger partial charge in [0.05, 0.1) is 0 Å². The topological polar surface area (TPSA) is 37.0 Å². The third kappa shape index (κ3) is 5.52. The molecular weight excluding hydrogens is 278 g/mol. The quantitative estimate of drug-likeness (QED) is 0.799. The molecule has 1 aromatic carbocycles. The molecule has 0 saturated heterocycles. The summed E-state index contributed by atoms with van der Waals surface area (Å²) in [4.78, 5) is 3.98. The van der Waals surface area contributed by atoms with Gasteiger partial charge in [-0.1, -0.05) is 43.7 Å². The number of pyridine rings is 1. The van der Waals surface area contributed by atoms with Gasteiger partial charge in [-0.15, -0.1) is 0 Å². The van der Waals surface area contributed by atoms with Gasteiger partial charge in [-0.25, -0.2) is 0 Å². The van der Waals surface area contributed by atoms with E-state index in [2.05, 4.69) is 52.9 Å². The van der Waals surface area contributed by atoms with Crippen LogP contribution in [0.2, 0.25) is 0 Å². The Labute approximate surface area is 131 Å². The summed E-state index contributed by atoms with van der Waals surface area (Å²) in [5.41, 5.74) is 2.33. The third-order valence-corrected chi connectivity index (χ3v) is 3.68. The van der Waals surface area contributed by atoms with Crippen LogP contribution in [0.3, 0.4) is 0 Å². The van der Waals surface area contributed by atoms with Crippen LogP contribution in [0, 0.1) is 5.92 Å². The monoisotopic (exact) mass is 299 g/mol. The molecule has 0 radical (unpaired) electrons. The van der Waals surface area contributed by atoms with Crippen LogP contribution in [0.5, 0.6) is 0 Å². The van der Waals surface area contributed by atoms with Gasteiger partial charge in [0.1, 0.15) is 0 Å². The molecule has 1 atom stereocenters. The summed E-state index contributed by atoms with van der Waals surface area (Å²) in [6.45, 7) is 3.09. The van der Waals surface area contributed by atoms with E-state index in [-0.39, 0.29) is 0 Å². The molecule has 1 unspecified atom stereocenters. The first-order chi connectivity index (χ1) is 10.3. The van der Waals surface area contributed by atoms with E-state index >= 15 is 0 Å². The Morgan fingerprint density at radius 1 is 1.14 bits per heavy atom. The van der Waals surface area contributed by atoms with Gasteiger partial charge < -0.3 is 10.6 Å². The van der Waals surface area contributed by atoms with Gasteiger partial charge in [-0.2, -0.15) is 0 Å². The lowest BCUT2D eigenvalue weighted by Gasteiger charge is -2.17. The van der Waals surface area contributed by atoms with Crippen molar-refractivity contribution in [3.8, 4) is 0 Å². The fraction of sp³-hybridized carbons (Fsp3) is 0.294. The van der Waals surface area contributed by atoms with Crippen LogP contribution < -0.4 is 10.6 Å². The zero-order valence-electron chi connectivity index (χ0n) is 12.3. The molecule has 0 aliphatic carbocycles. The van der Waals surface area contributed by atoms with E-state index in [1.165, 1.54) is 5.56 Å². The van der Waals surface area contributed by atoms with E-state index in [4.69, 9.17) is 12.2 Å². The standard InChI is InChI=1S/C17H21N3S/c1-2-14(12-15-6-4-3-5-7-15)13-19-17(21)20-16-8-10-18-11-9-16/h3-11,14H,2,12-13H2,1H3,(H2,18,19,20,21). The SMILES string of the molecule is CCC(CNC(=S)Nc1ccncc1)Cc1ccccc1. The molecule has 110 valence electrons. The number of hydrogen-bond donors (Lipinski definition) is 2. The molecule has 3 nitrogen and oxygen atoms in total. The Kier molecular flexibility index (Phi) is 6.16. The zero-order valence-corrected chi connectivity index (χ0v) is 13.1. The van der Waals surface area contributed by atoms with Crippen molar-refractivity contribution in [2.45, 2.75) is 19.8 Å². The van der Waals surface area contributed by atoms with E-state index < -0.39 is 0 Å². The van der Waals surface area contributed by atoms with Crippen molar-refractivity contribution < 1.29 is 0 Å². The molecule has 2 aromatic rings. The zero-order chi connectivity index (χ0) is 14.9. The molecule has 0 amide bonds. The van der Waals surface area contributed by atoms with Crippen molar-refractivity contribution in [2.24, 2.45) is 5.92 Å². The minimum Gasteiger partial charge on any atom is -0.362 e. The van der Waals surface area contributed by atoms with Crippen LogP contribution >= 0.6 is 12.2 Å². The lowest BCUT2D eigenvalue weighted by Crippen LogP contribution is -2.33. The Morgan fingerprint density at radius 3 is 2.52 bits per heavy atom. The maximum Gasteiger partial charge on any atom is 0.170 e. The third-order valence-electron chi connectivity index (χ3n) is 3.43. The van der Waals surface area contributed by atoms with Crippen LogP contribution in [0.1, 0.15) is 18.9 Å². The fourth-order valence-corrected chi connectivity index (χ4v) is 2.36. The van der Waals surface area contributed by atoms with E-state index in [9.17, 15) is 0 Å². The van der Waals surface area contributed by atoms with Crippen molar-refractivity contribution >= 4 is 23.0 Å². The summed E-state index contributed by atoms with van der Waals surface area (Å²) in [7, 11) is 0. The minimum atomic E-state index is 0.574. The van der Waals surface area contributed by atoms with Crippen molar-refractivity contribution in [3.63, 3.8) is 0 Å². The summed E-state index contributed by atoms with van der Waals surface area (Å²) in [5, 5.41) is 7.13. The Balaban J connectivity index is 1.79. The number of thiocarbonyl (C=S) groups is 1. The van der Waals surface area contributed by atoms with Gasteiger partial charge in [0.2, 0.25) is 0 Å². The minimum absolute atomic E-state index is 0.574. The fourth-order valence-electron chi connectivity index (χ4n) is 2.16. The van der Waals surface area contributed by atoms with Crippen LogP contribution in [0.4, 0.5) is 5.69 Å². The molecule has 21 heavy (non-hydrogen) atoms. The molecule has 0 bridgehead atoms. The second-order valence-corrected chi connectivity index (χ2v) is 5.44. The largest absolute Gasteiger partial charge is 0.362 e. The number of nitrogens with zero attached hydrogens (tertiary/aromatic N) is 1. The highest BCUT2D eigenvalue weighted by Gasteiger charge is 2.08. The van der Waals surface area contributed by atoms with Gasteiger partial charge in [-0.05, 0) is 42.3 Å². The van der Waals surface area contributed by atoms with Crippen LogP contribution in [-0.4, -0.2) is 16.6 Å². The number of nitrogens with one attached hydrogen (secondary N) is 2. The molecule has 0 fully saturated rings. The first-order valence-electron chi connectivity index (χ1n) is 7.26. The van der Waals surface area contributed by atoms with Crippen LogP contribution in [0.25, 0.3) is 0 Å². The van der Waals surface area contributed by atoms with E-state index in [1.54, 1.807) is 12.4 Å². The highest BCUT2D eigenvalue weighted by Crippen LogP contribution is 2.11. The van der Waals surface area contributed by atoms with Gasteiger partial charge in [0, 0.05) is 24.6 Å². The highest BCUT2D eigenvalue weighted by molar-refractivity contribution is 7.80. The molecule has 0 aliphatic rings. The van der Waals surface area contributed by atoms with Gasteiger partial charge >= 0.3 is 0 Å². The number of aromatic nitrogens is 1. The average Bonchev–Trinajstić information content (AvgIpc) is 2.53. The molecule has 1 heterocycles. The van der Waals surface area contributed by atoms with Crippen molar-refractivity contribution in [3.05, 3.63) is 60.4 Å². The smallest absolute Gasteiger partial charge is 0.170 e. The Bertz CT molecular complexity index is 542. The number of anilines is 1. The molecule has 0 saturated carbocycles. The Morgan fingerprint density at radius 2 is 1.86 bits per heavy atom. The molecule has 2 N–H and O–H groups in total. The maximum absolute atomic E-state index is 5.32. The van der Waals surface area contributed by atoms with Crippen molar-refractivity contribution in [2.75, 3.05) is 11.9 Å². The van der Waals surface area contributed by atoms with Crippen LogP contribution in [0.15, 0.2) is 54.9 Å². The van der Waals surface area contributed by atoms with Gasteiger partial charge in [0.25, 0.3) is 0 Å². The van der Waals surface area contributed by atoms with E-state index in [1.807, 2.05) is 12.1 Å². The summed E-state index contributed by atoms with van der Waals surface area (Å²) >= 11 is 5.32. The molecule has 2 rings (SSSR count). The molecular formula is C17H21N3S. The first kappa shape index (κ1) is 15.4. The normalized spacial score (nSPS) is 11.7. The summed E-state index contributed by atoms with van der Waals surface area (Å²) in [6.07, 6.45) is 5.69. The van der Waals surface area contributed by atoms with Crippen molar-refractivity contribution in [1.29, 1.82) is 0 Å². The number of rotatable bonds is 6. The molecule has 0 spiro atoms. The predicted molar refractivity (Wildman–Crippen MR) is 92.4 cm³/mol. The summed E-state index contributed by atoms with van der Waals surface area (Å²) in [5.74, 6) is 0.574. The van der Waals surface area contributed by atoms with Gasteiger partial charge in [-0.3, -0.25) is 4.98 Å². The summed E-state index contributed by atoms with van der Waals surface area (Å²) < 4.78 is 0. The molecule has 0 aliphatic heterocycles. The molecule has 1 aromatic heterocycles. The maximum atomic E-state index is 5.32. The van der Waals surface area contributed by atoms with Crippen molar-refractivity contribution in [1.82, 2.24) is 10.3 Å². The predicted octanol–water partition coefficient (Wildman–Crippen LogP) is 3.64. The lowest BCUT2D eigenvalue weighted by atomic mass is 9.97. The highest BCUT2D eigenvalue weighted by atomic mass is 32.1. The number of hydrogen-bond acceptors (Lipinski definition) is 2. The number of benzene rings is 1. The van der Waals surface area contributed by atoms with E-state index in [0.29, 0.717) is 11.0 Å². The first-order valence-corrected chi connectivity index (χ1v) is 7.67. The van der Waals surface area contributed by atoms with E-state index in [0.717, 1.165) is 25.1 Å². The second-order valence-electron chi connectivity index (χ2n) is 5.03. The summed E-state index contributed by atoms with van der Waals surface area (Å²) in [6, 6.07) is 14.4. The van der Waals surface area contributed by atoms with Gasteiger partial charge in [0.15, 0.2) is 5.11 Å². The Hall–Kier alpha value is -1.94. The second kappa shape index (κ2) is 8.37. The molecule has 4 heteroatoms. The van der Waals surface area contributed by atoms with Crippen LogP contribution in [-0.2, 0) is 6.42 Å².